The molecule has 3 fully saturated rings. The van der Waals surface area contributed by atoms with Gasteiger partial charge in [-0.2, -0.15) is 18.3 Å². The number of halogens is 3. The lowest BCUT2D eigenvalue weighted by Crippen LogP contribution is -2.49. The van der Waals surface area contributed by atoms with Crippen LogP contribution in [0, 0.1) is 5.92 Å². The molecule has 0 unspecified atom stereocenters. The zero-order chi connectivity index (χ0) is 51.4. The molecule has 2 saturated heterocycles. The highest BCUT2D eigenvalue weighted by Gasteiger charge is 2.33. The van der Waals surface area contributed by atoms with Crippen LogP contribution in [0.3, 0.4) is 0 Å². The van der Waals surface area contributed by atoms with Crippen LogP contribution < -0.4 is 31.3 Å². The monoisotopic (exact) mass is 1000 g/mol. The summed E-state index contributed by atoms with van der Waals surface area (Å²) < 4.78 is 47.3. The number of piperidine rings is 1. The first-order chi connectivity index (χ1) is 35.1. The standard InChI is InChI=1S/C52H56F3N11O7/c1-73-40-15-14-34(26-39(40)65-25-20-42(67)61-51(65)72)50(71)63-23-18-31(19-24-63)9-16-44(69)64-22-4-2-3-6-35-29-58-48(56)45-46(62-66(47(35)45)38-8-5-7-37(28-38)59-43(68)30-64)32-10-12-33(13-11-32)49(70)60-41-27-36(17-21-57-41)52(53,54)55/h3,6,10-15,17,21,26-27,29,31,37-38H,2,4-5,7-9,16,18-20,22-25,28,30H2,1H3,(H2,56,58)(H,59,68)(H,57,60,70)(H,61,67,72)/b6-3+/t37-,38-/m1/s1. The number of aromatic nitrogens is 4. The second-order valence-electron chi connectivity index (χ2n) is 18.9. The highest BCUT2D eigenvalue weighted by Crippen LogP contribution is 2.40. The van der Waals surface area contributed by atoms with Crippen molar-refractivity contribution in [2.45, 2.75) is 88.9 Å². The molecular weight excluding hydrogens is 948 g/mol. The average Bonchev–Trinajstić information content (AvgIpc) is 3.79. The minimum atomic E-state index is -4.60. The van der Waals surface area contributed by atoms with Crippen LogP contribution in [0.4, 0.5) is 35.3 Å². The summed E-state index contributed by atoms with van der Waals surface area (Å²) in [4.78, 5) is 92.1. The number of benzene rings is 2. The van der Waals surface area contributed by atoms with E-state index in [0.717, 1.165) is 48.7 Å². The number of pyridine rings is 2. The molecule has 1 aliphatic carbocycles. The van der Waals surface area contributed by atoms with Gasteiger partial charge in [-0.15, -0.1) is 0 Å². The first kappa shape index (κ1) is 50.1. The lowest BCUT2D eigenvalue weighted by atomic mass is 9.90. The first-order valence-electron chi connectivity index (χ1n) is 24.6. The number of rotatable bonds is 9. The van der Waals surface area contributed by atoms with E-state index in [0.29, 0.717) is 91.8 Å². The summed E-state index contributed by atoms with van der Waals surface area (Å²) in [5.74, 6) is -0.890. The Labute approximate surface area is 418 Å². The third kappa shape index (κ3) is 11.3. The van der Waals surface area contributed by atoms with E-state index < -0.39 is 23.7 Å². The van der Waals surface area contributed by atoms with E-state index in [2.05, 4.69) is 25.9 Å². The molecule has 7 amide bonds. The van der Waals surface area contributed by atoms with Crippen LogP contribution in [0.15, 0.2) is 73.1 Å². The molecular formula is C52H56F3N11O7. The van der Waals surface area contributed by atoms with Crippen molar-refractivity contribution in [1.29, 1.82) is 0 Å². The fourth-order valence-electron chi connectivity index (χ4n) is 10.2. The Morgan fingerprint density at radius 3 is 2.42 bits per heavy atom. The fourth-order valence-corrected chi connectivity index (χ4v) is 10.2. The van der Waals surface area contributed by atoms with Gasteiger partial charge in [0.15, 0.2) is 0 Å². The molecule has 3 aliphatic heterocycles. The van der Waals surface area contributed by atoms with E-state index in [9.17, 15) is 41.9 Å². The van der Waals surface area contributed by atoms with Crippen LogP contribution in [0.5, 0.6) is 5.75 Å². The maximum Gasteiger partial charge on any atom is 0.416 e. The fraction of sp³-hybridized carbons (Fsp3) is 0.404. The quantitative estimate of drug-likeness (QED) is 0.114. The summed E-state index contributed by atoms with van der Waals surface area (Å²) in [6.07, 6.45) is 8.59. The van der Waals surface area contributed by atoms with Crippen molar-refractivity contribution in [2.75, 3.05) is 55.8 Å². The maximum atomic E-state index is 13.9. The van der Waals surface area contributed by atoms with Crippen molar-refractivity contribution in [3.05, 3.63) is 95.3 Å². The summed E-state index contributed by atoms with van der Waals surface area (Å²) in [6.45, 7) is 1.46. The Hall–Kier alpha value is -7.84. The normalized spacial score (nSPS) is 19.6. The van der Waals surface area contributed by atoms with Gasteiger partial charge in [0.2, 0.25) is 17.7 Å². The molecule has 1 saturated carbocycles. The number of imide groups is 1. The van der Waals surface area contributed by atoms with Crippen LogP contribution in [0.25, 0.3) is 28.2 Å². The number of carbonyl (C=O) groups is 6. The molecule has 0 spiro atoms. The number of nitrogens with two attached hydrogens (primary N) is 1. The molecule has 73 heavy (non-hydrogen) atoms. The Morgan fingerprint density at radius 1 is 0.890 bits per heavy atom. The minimum absolute atomic E-state index is 0.0722. The van der Waals surface area contributed by atoms with E-state index in [1.54, 1.807) is 58.5 Å². The van der Waals surface area contributed by atoms with Gasteiger partial charge in [-0.25, -0.2) is 14.8 Å². The predicted molar refractivity (Wildman–Crippen MR) is 265 cm³/mol. The van der Waals surface area contributed by atoms with Crippen LogP contribution in [0.1, 0.15) is 109 Å². The van der Waals surface area contributed by atoms with Crippen LogP contribution in [-0.4, -0.2) is 111 Å². The van der Waals surface area contributed by atoms with Gasteiger partial charge in [0.05, 0.1) is 41.9 Å². The van der Waals surface area contributed by atoms with Crippen molar-refractivity contribution >= 4 is 69.9 Å². The van der Waals surface area contributed by atoms with E-state index >= 15 is 0 Å². The lowest BCUT2D eigenvalue weighted by Gasteiger charge is -2.33. The number of ether oxygens (including phenoxy) is 1. The maximum absolute atomic E-state index is 13.9. The first-order valence-corrected chi connectivity index (χ1v) is 24.6. The summed E-state index contributed by atoms with van der Waals surface area (Å²) >= 11 is 0. The number of alkyl halides is 3. The number of nitrogens with one attached hydrogen (secondary N) is 3. The lowest BCUT2D eigenvalue weighted by molar-refractivity contribution is -0.137. The number of nitrogens with zero attached hydrogens (tertiary/aromatic N) is 7. The highest BCUT2D eigenvalue weighted by molar-refractivity contribution is 6.08. The molecule has 4 aliphatic rings. The van der Waals surface area contributed by atoms with Gasteiger partial charge >= 0.3 is 12.2 Å². The van der Waals surface area contributed by atoms with E-state index in [-0.39, 0.29) is 84.8 Å². The summed E-state index contributed by atoms with van der Waals surface area (Å²) in [5.41, 5.74) is 9.41. The molecule has 5 N–H and O–H groups in total. The number of likely N-dealkylation sites (tertiary alicyclic amines) is 1. The second kappa shape index (κ2) is 21.5. The van der Waals surface area contributed by atoms with Crippen LogP contribution in [-0.2, 0) is 20.6 Å². The Balaban J connectivity index is 0.848. The zero-order valence-corrected chi connectivity index (χ0v) is 40.3. The summed E-state index contributed by atoms with van der Waals surface area (Å²) in [5, 5.41) is 13.7. The van der Waals surface area contributed by atoms with Gasteiger partial charge in [-0.05, 0) is 106 Å². The van der Waals surface area contributed by atoms with Gasteiger partial charge < -0.3 is 30.9 Å². The molecule has 0 radical (unpaired) electrons. The molecule has 5 aromatic rings. The topological polar surface area (TPSA) is 227 Å². The molecule has 2 atom stereocenters. The van der Waals surface area contributed by atoms with E-state index in [4.69, 9.17) is 15.6 Å². The molecule has 6 heterocycles. The van der Waals surface area contributed by atoms with Gasteiger partial charge in [0.25, 0.3) is 11.8 Å². The van der Waals surface area contributed by atoms with Gasteiger partial charge in [-0.1, -0.05) is 24.3 Å². The number of hydrogen-bond donors (Lipinski definition) is 4. The van der Waals surface area contributed by atoms with Gasteiger partial charge in [0.1, 0.15) is 23.1 Å². The number of fused-ring (bicyclic) bond motifs is 3. The number of nitrogen functional groups attached to an aromatic ring is 1. The summed E-state index contributed by atoms with van der Waals surface area (Å²) in [7, 11) is 1.48. The smallest absolute Gasteiger partial charge is 0.416 e. The highest BCUT2D eigenvalue weighted by atomic mass is 19.4. The molecule has 18 nitrogen and oxygen atoms in total. The minimum Gasteiger partial charge on any atom is -0.495 e. The molecule has 21 heteroatoms. The number of allylic oxidation sites excluding steroid dienone is 1. The van der Waals surface area contributed by atoms with E-state index in [1.165, 1.54) is 12.0 Å². The zero-order valence-electron chi connectivity index (χ0n) is 40.3. The third-order valence-electron chi connectivity index (χ3n) is 14.1. The predicted octanol–water partition coefficient (Wildman–Crippen LogP) is 7.37. The van der Waals surface area contributed by atoms with Crippen molar-refractivity contribution in [3.63, 3.8) is 0 Å². The van der Waals surface area contributed by atoms with Crippen molar-refractivity contribution in [3.8, 4) is 17.0 Å². The Kier molecular flexibility index (Phi) is 14.7. The third-order valence-corrected chi connectivity index (χ3v) is 14.1. The van der Waals surface area contributed by atoms with Crippen LogP contribution in [0.2, 0.25) is 0 Å². The Bertz CT molecular complexity index is 2970. The average molecular weight is 1000 g/mol. The number of methoxy groups -OCH3 is 1. The second-order valence-corrected chi connectivity index (χ2v) is 18.9. The van der Waals surface area contributed by atoms with Crippen molar-refractivity contribution in [2.24, 2.45) is 5.92 Å². The van der Waals surface area contributed by atoms with Gasteiger partial charge in [-0.3, -0.25) is 38.9 Å². The van der Waals surface area contributed by atoms with E-state index in [1.807, 2.05) is 16.8 Å². The SMILES string of the molecule is COc1ccc(C(=O)N2CCC(CCC(=O)N3CCC/C=C/c4cnc(N)c5c(-c6ccc(C(=O)Nc7cc(C(F)(F)F)ccn7)cc6)nn(c45)[C@@H]4CCC[C@H](C4)NC(=O)C3)CC2)cc1N1CCC(=O)NC1=O. The number of carbonyl (C=O) groups excluding carboxylic acids is 6. The Morgan fingerprint density at radius 2 is 1.67 bits per heavy atom. The van der Waals surface area contributed by atoms with Gasteiger partial charge in [0, 0.05) is 79.7 Å². The van der Waals surface area contributed by atoms with Crippen LogP contribution >= 0.6 is 0 Å². The molecule has 2 aromatic carbocycles. The molecule has 3 aromatic heterocycles. The number of anilines is 3. The summed E-state index contributed by atoms with van der Waals surface area (Å²) in [6, 6.07) is 12.1. The number of amides is 7. The number of urea groups is 1. The largest absolute Gasteiger partial charge is 0.495 e. The molecule has 382 valence electrons. The molecule has 9 rings (SSSR count). The van der Waals surface area contributed by atoms with Crippen molar-refractivity contribution in [1.82, 2.24) is 40.2 Å². The molecule has 2 bridgehead atoms. The van der Waals surface area contributed by atoms with Crippen molar-refractivity contribution < 1.29 is 46.7 Å². The number of hydrogen-bond acceptors (Lipinski definition) is 11.